The predicted octanol–water partition coefficient (Wildman–Crippen LogP) is 4.09. The molecule has 33 heavy (non-hydrogen) atoms. The molecule has 0 saturated carbocycles. The van der Waals surface area contributed by atoms with Crippen molar-refractivity contribution in [1.29, 1.82) is 0 Å². The fourth-order valence-electron chi connectivity index (χ4n) is 3.98. The van der Waals surface area contributed by atoms with E-state index in [0.29, 0.717) is 49.9 Å². The van der Waals surface area contributed by atoms with Gasteiger partial charge in [0.05, 0.1) is 30.4 Å². The van der Waals surface area contributed by atoms with Gasteiger partial charge in [-0.2, -0.15) is 4.31 Å². The van der Waals surface area contributed by atoms with E-state index in [-0.39, 0.29) is 5.75 Å². The van der Waals surface area contributed by atoms with E-state index in [0.717, 1.165) is 28.1 Å². The third-order valence-corrected chi connectivity index (χ3v) is 7.63. The molecule has 1 aromatic carbocycles. The normalized spacial score (nSPS) is 14.0. The van der Waals surface area contributed by atoms with Gasteiger partial charge in [-0.3, -0.25) is 0 Å². The van der Waals surface area contributed by atoms with E-state index >= 15 is 0 Å². The summed E-state index contributed by atoms with van der Waals surface area (Å²) in [6, 6.07) is 9.88. The summed E-state index contributed by atoms with van der Waals surface area (Å²) in [5.74, 6) is 1.37. The van der Waals surface area contributed by atoms with Crippen molar-refractivity contribution in [3.8, 4) is 17.3 Å². The quantitative estimate of drug-likeness (QED) is 0.533. The Bertz CT molecular complexity index is 1230. The molecule has 0 fully saturated rings. The zero-order valence-electron chi connectivity index (χ0n) is 19.2. The van der Waals surface area contributed by atoms with E-state index in [1.54, 1.807) is 16.7 Å². The van der Waals surface area contributed by atoms with E-state index in [9.17, 15) is 8.42 Å². The first kappa shape index (κ1) is 23.1. The summed E-state index contributed by atoms with van der Waals surface area (Å²) in [7, 11) is -3.22. The van der Waals surface area contributed by atoms with Gasteiger partial charge in [0.15, 0.2) is 0 Å². The Morgan fingerprint density at radius 2 is 1.97 bits per heavy atom. The Morgan fingerprint density at radius 3 is 2.70 bits per heavy atom. The van der Waals surface area contributed by atoms with Gasteiger partial charge in [0, 0.05) is 18.8 Å². The molecule has 1 aliphatic heterocycles. The predicted molar refractivity (Wildman–Crippen MR) is 129 cm³/mol. The Labute approximate surface area is 195 Å². The summed E-state index contributed by atoms with van der Waals surface area (Å²) in [5, 5.41) is 3.43. The Balaban J connectivity index is 1.58. The number of pyridine rings is 1. The highest BCUT2D eigenvalue weighted by Gasteiger charge is 2.27. The lowest BCUT2D eigenvalue weighted by atomic mass is 9.99. The molecule has 0 spiro atoms. The van der Waals surface area contributed by atoms with Gasteiger partial charge in [-0.1, -0.05) is 25.1 Å². The second-order valence-corrected chi connectivity index (χ2v) is 10.1. The van der Waals surface area contributed by atoms with Crippen molar-refractivity contribution in [3.63, 3.8) is 0 Å². The number of hydrogen-bond acceptors (Lipinski definition) is 7. The number of benzene rings is 1. The summed E-state index contributed by atoms with van der Waals surface area (Å²) in [6.07, 6.45) is 4.55. The second kappa shape index (κ2) is 9.84. The molecule has 0 bridgehead atoms. The van der Waals surface area contributed by atoms with E-state index in [2.05, 4.69) is 15.3 Å². The van der Waals surface area contributed by atoms with Crippen LogP contribution in [0, 0.1) is 6.92 Å². The van der Waals surface area contributed by atoms with Crippen molar-refractivity contribution >= 4 is 21.5 Å². The van der Waals surface area contributed by atoms with Gasteiger partial charge in [-0.25, -0.2) is 23.4 Å². The fraction of sp³-hybridized carbons (Fsp3) is 0.375. The lowest BCUT2D eigenvalue weighted by molar-refractivity contribution is 0.325. The largest absolute Gasteiger partial charge is 0.477 e. The first-order valence-electron chi connectivity index (χ1n) is 11.2. The average molecular weight is 468 g/mol. The molecule has 1 aliphatic rings. The van der Waals surface area contributed by atoms with Crippen molar-refractivity contribution in [2.24, 2.45) is 0 Å². The summed E-state index contributed by atoms with van der Waals surface area (Å²) in [6.45, 7) is 7.21. The number of anilines is 2. The standard InChI is InChI=1S/C24H29N5O3S/c1-4-13-33(30,31)29-12-11-19-18(16-29)7-6-8-20(19)27-22-10-9-17(3)24(28-22)21-14-26-23(15-25-21)32-5-2/h6-10,14-15H,4-5,11-13,16H2,1-3H3,(H,27,28). The molecule has 3 aromatic rings. The van der Waals surface area contributed by atoms with Gasteiger partial charge in [-0.15, -0.1) is 0 Å². The maximum atomic E-state index is 12.5. The van der Waals surface area contributed by atoms with Crippen molar-refractivity contribution in [2.45, 2.75) is 40.2 Å². The Morgan fingerprint density at radius 1 is 1.12 bits per heavy atom. The van der Waals surface area contributed by atoms with Crippen LogP contribution in [0.1, 0.15) is 37.0 Å². The highest BCUT2D eigenvalue weighted by Crippen LogP contribution is 2.30. The number of sulfonamides is 1. The van der Waals surface area contributed by atoms with Crippen LogP contribution < -0.4 is 10.1 Å². The minimum atomic E-state index is -3.22. The summed E-state index contributed by atoms with van der Waals surface area (Å²) >= 11 is 0. The Kier molecular flexibility index (Phi) is 6.90. The molecular weight excluding hydrogens is 438 g/mol. The van der Waals surface area contributed by atoms with Crippen LogP contribution in [-0.4, -0.2) is 46.6 Å². The lowest BCUT2D eigenvalue weighted by Crippen LogP contribution is -2.37. The van der Waals surface area contributed by atoms with E-state index in [4.69, 9.17) is 9.72 Å². The molecule has 4 rings (SSSR count). The molecule has 1 N–H and O–H groups in total. The third kappa shape index (κ3) is 5.15. The van der Waals surface area contributed by atoms with Crippen molar-refractivity contribution in [1.82, 2.24) is 19.3 Å². The van der Waals surface area contributed by atoms with Crippen LogP contribution in [0.5, 0.6) is 5.88 Å². The van der Waals surface area contributed by atoms with E-state index < -0.39 is 10.0 Å². The number of nitrogens with zero attached hydrogens (tertiary/aromatic N) is 4. The van der Waals surface area contributed by atoms with Crippen LogP contribution in [0.2, 0.25) is 0 Å². The molecule has 0 saturated heterocycles. The molecule has 0 aliphatic carbocycles. The number of nitrogens with one attached hydrogen (secondary N) is 1. The van der Waals surface area contributed by atoms with Crippen LogP contribution in [-0.2, 0) is 23.0 Å². The molecule has 8 nitrogen and oxygen atoms in total. The number of rotatable bonds is 8. The maximum absolute atomic E-state index is 12.5. The topological polar surface area (TPSA) is 97.3 Å². The first-order chi connectivity index (χ1) is 15.9. The molecular formula is C24H29N5O3S. The van der Waals surface area contributed by atoms with Crippen LogP contribution in [0.25, 0.3) is 11.4 Å². The Hall–Kier alpha value is -3.04. The molecule has 174 valence electrons. The zero-order chi connectivity index (χ0) is 23.4. The molecule has 0 radical (unpaired) electrons. The van der Waals surface area contributed by atoms with Gasteiger partial charge in [0.1, 0.15) is 11.5 Å². The molecule has 0 atom stereocenters. The summed E-state index contributed by atoms with van der Waals surface area (Å²) in [4.78, 5) is 13.5. The number of hydrogen-bond donors (Lipinski definition) is 1. The molecule has 2 aromatic heterocycles. The first-order valence-corrected chi connectivity index (χ1v) is 12.8. The van der Waals surface area contributed by atoms with Gasteiger partial charge in [-0.05, 0) is 55.5 Å². The summed E-state index contributed by atoms with van der Waals surface area (Å²) < 4.78 is 32.0. The highest BCUT2D eigenvalue weighted by molar-refractivity contribution is 7.89. The van der Waals surface area contributed by atoms with Crippen LogP contribution in [0.15, 0.2) is 42.7 Å². The molecule has 9 heteroatoms. The number of fused-ring (bicyclic) bond motifs is 1. The zero-order valence-corrected chi connectivity index (χ0v) is 20.0. The van der Waals surface area contributed by atoms with Crippen molar-refractivity contribution < 1.29 is 13.2 Å². The number of ether oxygens (including phenoxy) is 1. The minimum absolute atomic E-state index is 0.185. The SMILES string of the molecule is CCCS(=O)(=O)N1CCc2c(cccc2Nc2ccc(C)c(-c3cnc(OCC)cn3)n2)C1. The van der Waals surface area contributed by atoms with Gasteiger partial charge in [0.2, 0.25) is 15.9 Å². The molecule has 3 heterocycles. The minimum Gasteiger partial charge on any atom is -0.477 e. The van der Waals surface area contributed by atoms with Crippen molar-refractivity contribution in [2.75, 3.05) is 24.2 Å². The van der Waals surface area contributed by atoms with Crippen molar-refractivity contribution in [3.05, 3.63) is 59.4 Å². The average Bonchev–Trinajstić information content (AvgIpc) is 2.81. The number of aryl methyl sites for hydroxylation is 1. The van der Waals surface area contributed by atoms with E-state index in [1.807, 2.05) is 51.1 Å². The second-order valence-electron chi connectivity index (χ2n) is 8.00. The lowest BCUT2D eigenvalue weighted by Gasteiger charge is -2.29. The monoisotopic (exact) mass is 467 g/mol. The molecule has 0 amide bonds. The smallest absolute Gasteiger partial charge is 0.232 e. The molecule has 0 unspecified atom stereocenters. The van der Waals surface area contributed by atoms with Crippen LogP contribution in [0.3, 0.4) is 0 Å². The van der Waals surface area contributed by atoms with Crippen LogP contribution >= 0.6 is 0 Å². The summed E-state index contributed by atoms with van der Waals surface area (Å²) in [5.41, 5.74) is 5.51. The van der Waals surface area contributed by atoms with Crippen LogP contribution in [0.4, 0.5) is 11.5 Å². The van der Waals surface area contributed by atoms with Gasteiger partial charge < -0.3 is 10.1 Å². The number of aromatic nitrogens is 3. The third-order valence-electron chi connectivity index (χ3n) is 5.61. The van der Waals surface area contributed by atoms with Gasteiger partial charge in [0.25, 0.3) is 0 Å². The maximum Gasteiger partial charge on any atom is 0.232 e. The fourth-order valence-corrected chi connectivity index (χ4v) is 5.46. The van der Waals surface area contributed by atoms with E-state index in [1.165, 1.54) is 0 Å². The highest BCUT2D eigenvalue weighted by atomic mass is 32.2. The van der Waals surface area contributed by atoms with Gasteiger partial charge >= 0.3 is 0 Å².